The first-order valence-corrected chi connectivity index (χ1v) is 6.65. The Morgan fingerprint density at radius 1 is 1.47 bits per heavy atom. The third-order valence-electron chi connectivity index (χ3n) is 2.15. The summed E-state index contributed by atoms with van der Waals surface area (Å²) in [6, 6.07) is 0.866. The lowest BCUT2D eigenvalue weighted by Gasteiger charge is -2.01. The predicted molar refractivity (Wildman–Crippen MR) is 58.9 cm³/mol. The topological polar surface area (TPSA) is 76.4 Å². The van der Waals surface area contributed by atoms with Crippen molar-refractivity contribution in [1.82, 2.24) is 5.32 Å². The molecule has 17 heavy (non-hydrogen) atoms. The maximum absolute atomic E-state index is 12.5. The van der Waals surface area contributed by atoms with Crippen LogP contribution in [-0.4, -0.2) is 20.9 Å². The van der Waals surface area contributed by atoms with Crippen LogP contribution in [0.25, 0.3) is 0 Å². The molecule has 1 amide bonds. The number of carbonyl (C=O) groups excluding carboxylic acids is 1. The highest BCUT2D eigenvalue weighted by Crippen LogP contribution is 2.15. The summed E-state index contributed by atoms with van der Waals surface area (Å²) >= 11 is 0. The first kappa shape index (κ1) is 13.7. The van der Waals surface area contributed by atoms with Crippen LogP contribution < -0.4 is 5.32 Å². The highest BCUT2D eigenvalue weighted by atomic mass is 32.3. The number of hydrogen-bond acceptors (Lipinski definition) is 4. The molecule has 0 bridgehead atoms. The van der Waals surface area contributed by atoms with Gasteiger partial charge in [0.15, 0.2) is 5.76 Å². The van der Waals surface area contributed by atoms with Crippen molar-refractivity contribution in [2.45, 2.75) is 31.1 Å². The van der Waals surface area contributed by atoms with Crippen molar-refractivity contribution < 1.29 is 21.5 Å². The number of rotatable bonds is 6. The van der Waals surface area contributed by atoms with E-state index in [0.717, 1.165) is 25.3 Å². The Morgan fingerprint density at radius 2 is 2.18 bits per heavy atom. The molecule has 5 nitrogen and oxygen atoms in total. The zero-order chi connectivity index (χ0) is 12.9. The fourth-order valence-electron chi connectivity index (χ4n) is 1.23. The molecule has 0 saturated carbocycles. The monoisotopic (exact) mass is 263 g/mol. The Hall–Kier alpha value is -1.37. The normalized spacial score (nSPS) is 11.4. The molecule has 1 aromatic rings. The summed E-state index contributed by atoms with van der Waals surface area (Å²) in [5.41, 5.74) is 0. The second kappa shape index (κ2) is 5.81. The largest absolute Gasteiger partial charge is 0.458 e. The minimum absolute atomic E-state index is 0.210. The van der Waals surface area contributed by atoms with Crippen LogP contribution in [0.2, 0.25) is 0 Å². The maximum Gasteiger partial charge on any atom is 0.335 e. The maximum atomic E-state index is 12.5. The van der Waals surface area contributed by atoms with Gasteiger partial charge in [0.1, 0.15) is 11.2 Å². The molecular formula is C10H14FNO4S. The summed E-state index contributed by atoms with van der Waals surface area (Å²) in [5.74, 6) is -0.756. The van der Waals surface area contributed by atoms with Gasteiger partial charge in [-0.2, -0.15) is 8.42 Å². The minimum Gasteiger partial charge on any atom is -0.458 e. The third kappa shape index (κ3) is 4.18. The van der Waals surface area contributed by atoms with Gasteiger partial charge in [0.25, 0.3) is 5.91 Å². The van der Waals surface area contributed by atoms with Gasteiger partial charge >= 0.3 is 10.2 Å². The van der Waals surface area contributed by atoms with E-state index in [1.165, 1.54) is 0 Å². The number of halogens is 1. The standard InChI is InChI=1S/C10H14FNO4S/c1-2-3-4-5-12-10(13)9-6-8(7-16-9)17(11,14)15/h6-7H,2-5H2,1H3,(H,12,13). The van der Waals surface area contributed by atoms with E-state index in [2.05, 4.69) is 9.73 Å². The van der Waals surface area contributed by atoms with Crippen molar-refractivity contribution in [3.63, 3.8) is 0 Å². The van der Waals surface area contributed by atoms with Gasteiger partial charge < -0.3 is 9.73 Å². The van der Waals surface area contributed by atoms with E-state index in [1.807, 2.05) is 6.92 Å². The number of carbonyl (C=O) groups is 1. The van der Waals surface area contributed by atoms with Crippen LogP contribution in [0, 0.1) is 0 Å². The molecule has 7 heteroatoms. The van der Waals surface area contributed by atoms with Gasteiger partial charge in [-0.15, -0.1) is 3.89 Å². The van der Waals surface area contributed by atoms with Gasteiger partial charge in [-0.05, 0) is 6.42 Å². The zero-order valence-corrected chi connectivity index (χ0v) is 10.2. The molecule has 0 saturated heterocycles. The molecule has 0 spiro atoms. The molecule has 0 atom stereocenters. The van der Waals surface area contributed by atoms with E-state index < -0.39 is 21.0 Å². The van der Waals surface area contributed by atoms with Crippen LogP contribution in [0.1, 0.15) is 36.7 Å². The second-order valence-corrected chi connectivity index (χ2v) is 4.89. The van der Waals surface area contributed by atoms with Crippen LogP contribution in [-0.2, 0) is 10.2 Å². The van der Waals surface area contributed by atoms with Gasteiger partial charge in [0.2, 0.25) is 0 Å². The Morgan fingerprint density at radius 3 is 2.71 bits per heavy atom. The lowest BCUT2D eigenvalue weighted by Crippen LogP contribution is -2.23. The first-order chi connectivity index (χ1) is 7.95. The average Bonchev–Trinajstić information content (AvgIpc) is 2.72. The molecule has 0 aliphatic rings. The molecule has 0 fully saturated rings. The molecule has 1 rings (SSSR count). The second-order valence-electron chi connectivity index (χ2n) is 3.55. The molecule has 0 aliphatic heterocycles. The summed E-state index contributed by atoms with van der Waals surface area (Å²) in [7, 11) is -4.82. The summed E-state index contributed by atoms with van der Waals surface area (Å²) in [6.07, 6.45) is 3.55. The number of hydrogen-bond donors (Lipinski definition) is 1. The molecule has 0 aliphatic carbocycles. The average molecular weight is 263 g/mol. The van der Waals surface area contributed by atoms with Crippen molar-refractivity contribution in [2.75, 3.05) is 6.54 Å². The SMILES string of the molecule is CCCCCNC(=O)c1cc(S(=O)(=O)F)co1. The highest BCUT2D eigenvalue weighted by Gasteiger charge is 2.18. The van der Waals surface area contributed by atoms with Crippen molar-refractivity contribution >= 4 is 16.1 Å². The van der Waals surface area contributed by atoms with Gasteiger partial charge in [-0.3, -0.25) is 4.79 Å². The fraction of sp³-hybridized carbons (Fsp3) is 0.500. The molecule has 1 N–H and O–H groups in total. The van der Waals surface area contributed by atoms with Crippen molar-refractivity contribution in [3.05, 3.63) is 18.1 Å². The van der Waals surface area contributed by atoms with Crippen LogP contribution >= 0.6 is 0 Å². The third-order valence-corrected chi connectivity index (χ3v) is 2.92. The highest BCUT2D eigenvalue weighted by molar-refractivity contribution is 7.86. The van der Waals surface area contributed by atoms with Gasteiger partial charge in [0.05, 0.1) is 0 Å². The van der Waals surface area contributed by atoms with E-state index in [1.54, 1.807) is 0 Å². The van der Waals surface area contributed by atoms with Gasteiger partial charge in [0, 0.05) is 12.6 Å². The number of amides is 1. The minimum atomic E-state index is -4.82. The quantitative estimate of drug-likeness (QED) is 0.627. The van der Waals surface area contributed by atoms with Gasteiger partial charge in [-0.1, -0.05) is 19.8 Å². The van der Waals surface area contributed by atoms with Gasteiger partial charge in [-0.25, -0.2) is 0 Å². The number of unbranched alkanes of at least 4 members (excludes halogenated alkanes) is 2. The molecule has 96 valence electrons. The molecule has 0 aromatic carbocycles. The van der Waals surface area contributed by atoms with E-state index in [9.17, 15) is 17.1 Å². The van der Waals surface area contributed by atoms with E-state index in [0.29, 0.717) is 12.8 Å². The molecule has 1 aromatic heterocycles. The molecule has 1 heterocycles. The van der Waals surface area contributed by atoms with E-state index in [-0.39, 0.29) is 5.76 Å². The van der Waals surface area contributed by atoms with Crippen molar-refractivity contribution in [2.24, 2.45) is 0 Å². The Labute approximate surface area is 99.2 Å². The summed E-state index contributed by atoms with van der Waals surface area (Å²) in [4.78, 5) is 10.8. The zero-order valence-electron chi connectivity index (χ0n) is 9.40. The van der Waals surface area contributed by atoms with Crippen molar-refractivity contribution in [1.29, 1.82) is 0 Å². The summed E-state index contributed by atoms with van der Waals surface area (Å²) in [5, 5.41) is 2.55. The number of nitrogens with one attached hydrogen (secondary N) is 1. The molecule has 0 radical (unpaired) electrons. The van der Waals surface area contributed by atoms with Crippen LogP contribution in [0.5, 0.6) is 0 Å². The Bertz CT molecular complexity index is 480. The molecule has 0 unspecified atom stereocenters. The van der Waals surface area contributed by atoms with E-state index >= 15 is 0 Å². The molecular weight excluding hydrogens is 249 g/mol. The smallest absolute Gasteiger partial charge is 0.335 e. The Balaban J connectivity index is 2.56. The summed E-state index contributed by atoms with van der Waals surface area (Å²) in [6.45, 7) is 2.51. The fourth-order valence-corrected chi connectivity index (χ4v) is 1.64. The van der Waals surface area contributed by atoms with Crippen LogP contribution in [0.15, 0.2) is 21.6 Å². The number of furan rings is 1. The first-order valence-electron chi connectivity index (χ1n) is 5.26. The lowest BCUT2D eigenvalue weighted by atomic mass is 10.2. The Kier molecular flexibility index (Phi) is 4.68. The van der Waals surface area contributed by atoms with E-state index in [4.69, 9.17) is 0 Å². The van der Waals surface area contributed by atoms with Crippen molar-refractivity contribution in [3.8, 4) is 0 Å². The van der Waals surface area contributed by atoms with Crippen LogP contribution in [0.3, 0.4) is 0 Å². The predicted octanol–water partition coefficient (Wildman–Crippen LogP) is 1.86. The lowest BCUT2D eigenvalue weighted by molar-refractivity contribution is 0.0925. The summed E-state index contributed by atoms with van der Waals surface area (Å²) < 4.78 is 38.2. The van der Waals surface area contributed by atoms with Crippen LogP contribution in [0.4, 0.5) is 3.89 Å².